The van der Waals surface area contributed by atoms with Gasteiger partial charge < -0.3 is 20.5 Å². The van der Waals surface area contributed by atoms with Gasteiger partial charge in [0.15, 0.2) is 0 Å². The molecular formula is C23H23F3N2O5. The Kier molecular flexibility index (Phi) is 7.25. The summed E-state index contributed by atoms with van der Waals surface area (Å²) in [6.07, 6.45) is -7.64. The molecule has 0 spiro atoms. The van der Waals surface area contributed by atoms with Crippen molar-refractivity contribution >= 4 is 18.0 Å². The maximum Gasteiger partial charge on any atom is 0.407 e. The Balaban J connectivity index is 1.64. The number of aliphatic carboxylic acids is 1. The molecular weight excluding hydrogens is 441 g/mol. The van der Waals surface area contributed by atoms with Crippen LogP contribution < -0.4 is 10.6 Å². The van der Waals surface area contributed by atoms with E-state index >= 15 is 0 Å². The van der Waals surface area contributed by atoms with Crippen LogP contribution in [-0.2, 0) is 14.3 Å². The number of alkyl carbamates (subject to hydrolysis) is 1. The third-order valence-corrected chi connectivity index (χ3v) is 5.26. The van der Waals surface area contributed by atoms with Crippen molar-refractivity contribution in [2.75, 3.05) is 6.61 Å². The number of hydrogen-bond donors (Lipinski definition) is 3. The van der Waals surface area contributed by atoms with Gasteiger partial charge in [0.2, 0.25) is 5.91 Å². The van der Waals surface area contributed by atoms with Crippen molar-refractivity contribution < 1.29 is 37.4 Å². The van der Waals surface area contributed by atoms with Crippen molar-refractivity contribution in [2.45, 2.75) is 43.9 Å². The minimum absolute atomic E-state index is 0.0637. The maximum atomic E-state index is 12.5. The number of rotatable bonds is 8. The highest BCUT2D eigenvalue weighted by molar-refractivity contribution is 5.89. The molecule has 0 saturated carbocycles. The zero-order valence-electron chi connectivity index (χ0n) is 17.7. The summed E-state index contributed by atoms with van der Waals surface area (Å²) in [6, 6.07) is 12.4. The summed E-state index contributed by atoms with van der Waals surface area (Å²) in [6.45, 7) is 1.07. The number of fused-ring (bicyclic) bond motifs is 3. The number of benzene rings is 2. The highest BCUT2D eigenvalue weighted by Crippen LogP contribution is 2.44. The number of hydrogen-bond acceptors (Lipinski definition) is 4. The number of carboxylic acids is 1. The normalized spacial score (nSPS) is 14.5. The molecule has 0 saturated heterocycles. The lowest BCUT2D eigenvalue weighted by molar-refractivity contribution is -0.144. The predicted molar refractivity (Wildman–Crippen MR) is 113 cm³/mol. The standard InChI is InChI=1S/C23H23F3N2O5/c1-13(11-23(24,25)26)27-21(31)19(10-20(29)30)28-22(32)33-12-18-16-8-4-2-6-14(16)15-7-3-5-9-17(15)18/h2-9,13,18-19H,10-12H2,1H3,(H,27,31)(H,28,32)(H,29,30). The summed E-state index contributed by atoms with van der Waals surface area (Å²) in [7, 11) is 0. The van der Waals surface area contributed by atoms with Crippen molar-refractivity contribution in [3.05, 3.63) is 59.7 Å². The van der Waals surface area contributed by atoms with Crippen LogP contribution in [0.25, 0.3) is 11.1 Å². The number of carboxylic acid groups (broad SMARTS) is 1. The molecule has 1 aliphatic carbocycles. The van der Waals surface area contributed by atoms with E-state index in [1.807, 2.05) is 48.5 Å². The van der Waals surface area contributed by atoms with E-state index in [9.17, 15) is 27.6 Å². The lowest BCUT2D eigenvalue weighted by Crippen LogP contribution is -2.50. The number of nitrogens with one attached hydrogen (secondary N) is 2. The second kappa shape index (κ2) is 9.93. The Morgan fingerprint density at radius 1 is 1.00 bits per heavy atom. The van der Waals surface area contributed by atoms with Gasteiger partial charge in [0.05, 0.1) is 12.8 Å². The largest absolute Gasteiger partial charge is 0.481 e. The van der Waals surface area contributed by atoms with Crippen LogP contribution in [0.15, 0.2) is 48.5 Å². The number of amides is 2. The Morgan fingerprint density at radius 2 is 1.55 bits per heavy atom. The maximum absolute atomic E-state index is 12.5. The van der Waals surface area contributed by atoms with E-state index in [1.165, 1.54) is 0 Å². The molecule has 1 aliphatic rings. The third kappa shape index (κ3) is 6.24. The second-order valence-electron chi connectivity index (χ2n) is 7.85. The van der Waals surface area contributed by atoms with E-state index in [1.54, 1.807) is 0 Å². The quantitative estimate of drug-likeness (QED) is 0.551. The van der Waals surface area contributed by atoms with Gasteiger partial charge in [0.25, 0.3) is 0 Å². The van der Waals surface area contributed by atoms with Crippen LogP contribution in [0.4, 0.5) is 18.0 Å². The molecule has 2 aromatic rings. The average molecular weight is 464 g/mol. The fourth-order valence-electron chi connectivity index (χ4n) is 3.91. The number of ether oxygens (including phenoxy) is 1. The van der Waals surface area contributed by atoms with E-state index < -0.39 is 49.1 Å². The molecule has 0 heterocycles. The smallest absolute Gasteiger partial charge is 0.407 e. The lowest BCUT2D eigenvalue weighted by Gasteiger charge is -2.21. The fourth-order valence-corrected chi connectivity index (χ4v) is 3.91. The van der Waals surface area contributed by atoms with E-state index in [4.69, 9.17) is 9.84 Å². The summed E-state index contributed by atoms with van der Waals surface area (Å²) in [5.74, 6) is -2.69. The van der Waals surface area contributed by atoms with E-state index in [0.717, 1.165) is 29.2 Å². The molecule has 2 aromatic carbocycles. The van der Waals surface area contributed by atoms with Crippen LogP contribution in [0.5, 0.6) is 0 Å². The van der Waals surface area contributed by atoms with Crippen LogP contribution >= 0.6 is 0 Å². The van der Waals surface area contributed by atoms with Crippen molar-refractivity contribution in [2.24, 2.45) is 0 Å². The number of halogens is 3. The average Bonchev–Trinajstić information content (AvgIpc) is 3.04. The molecule has 2 amide bonds. The SMILES string of the molecule is CC(CC(F)(F)F)NC(=O)C(CC(=O)O)NC(=O)OCC1c2ccccc2-c2ccccc21. The van der Waals surface area contributed by atoms with Crippen molar-refractivity contribution in [3.8, 4) is 11.1 Å². The molecule has 0 fully saturated rings. The Bertz CT molecular complexity index is 995. The number of alkyl halides is 3. The van der Waals surface area contributed by atoms with Crippen molar-refractivity contribution in [3.63, 3.8) is 0 Å². The predicted octanol–water partition coefficient (Wildman–Crippen LogP) is 3.83. The summed E-state index contributed by atoms with van der Waals surface area (Å²) in [4.78, 5) is 35.7. The highest BCUT2D eigenvalue weighted by atomic mass is 19.4. The molecule has 10 heteroatoms. The number of carbonyl (C=O) groups is 3. The van der Waals surface area contributed by atoms with E-state index in [2.05, 4.69) is 10.6 Å². The molecule has 7 nitrogen and oxygen atoms in total. The topological polar surface area (TPSA) is 105 Å². The first-order valence-corrected chi connectivity index (χ1v) is 10.3. The first kappa shape index (κ1) is 24.1. The van der Waals surface area contributed by atoms with E-state index in [-0.39, 0.29) is 12.5 Å². The number of carbonyl (C=O) groups excluding carboxylic acids is 2. The molecule has 3 rings (SSSR count). The van der Waals surface area contributed by atoms with Crippen LogP contribution in [-0.4, -0.2) is 47.9 Å². The fraction of sp³-hybridized carbons (Fsp3) is 0.348. The summed E-state index contributed by atoms with van der Waals surface area (Å²) in [5, 5.41) is 13.3. The second-order valence-corrected chi connectivity index (χ2v) is 7.85. The minimum Gasteiger partial charge on any atom is -0.481 e. The van der Waals surface area contributed by atoms with Gasteiger partial charge in [-0.1, -0.05) is 48.5 Å². The lowest BCUT2D eigenvalue weighted by atomic mass is 9.98. The Morgan fingerprint density at radius 3 is 2.06 bits per heavy atom. The van der Waals surface area contributed by atoms with Gasteiger partial charge in [0.1, 0.15) is 12.6 Å². The Hall–Kier alpha value is -3.56. The van der Waals surface area contributed by atoms with Crippen LogP contribution in [0.3, 0.4) is 0 Å². The van der Waals surface area contributed by atoms with Crippen LogP contribution in [0.2, 0.25) is 0 Å². The van der Waals surface area contributed by atoms with Gasteiger partial charge in [-0.05, 0) is 29.2 Å². The molecule has 0 radical (unpaired) electrons. The molecule has 0 aliphatic heterocycles. The van der Waals surface area contributed by atoms with Gasteiger partial charge in [-0.2, -0.15) is 13.2 Å². The minimum atomic E-state index is -4.50. The molecule has 33 heavy (non-hydrogen) atoms. The molecule has 176 valence electrons. The van der Waals surface area contributed by atoms with Gasteiger partial charge in [-0.25, -0.2) is 4.79 Å². The van der Waals surface area contributed by atoms with Crippen LogP contribution in [0.1, 0.15) is 36.8 Å². The summed E-state index contributed by atoms with van der Waals surface area (Å²) in [5.41, 5.74) is 3.97. The van der Waals surface area contributed by atoms with Gasteiger partial charge in [-0.15, -0.1) is 0 Å². The highest BCUT2D eigenvalue weighted by Gasteiger charge is 2.33. The zero-order valence-corrected chi connectivity index (χ0v) is 17.7. The van der Waals surface area contributed by atoms with Gasteiger partial charge >= 0.3 is 18.2 Å². The van der Waals surface area contributed by atoms with Crippen molar-refractivity contribution in [1.82, 2.24) is 10.6 Å². The first-order valence-electron chi connectivity index (χ1n) is 10.3. The molecule has 2 atom stereocenters. The van der Waals surface area contributed by atoms with Crippen molar-refractivity contribution in [1.29, 1.82) is 0 Å². The molecule has 0 bridgehead atoms. The summed E-state index contributed by atoms with van der Waals surface area (Å²) >= 11 is 0. The Labute approximate surface area is 187 Å². The first-order chi connectivity index (χ1) is 15.5. The molecule has 3 N–H and O–H groups in total. The van der Waals surface area contributed by atoms with Crippen LogP contribution in [0, 0.1) is 0 Å². The summed E-state index contributed by atoms with van der Waals surface area (Å²) < 4.78 is 42.8. The third-order valence-electron chi connectivity index (χ3n) is 5.26. The van der Waals surface area contributed by atoms with Gasteiger partial charge in [0, 0.05) is 12.0 Å². The molecule has 2 unspecified atom stereocenters. The van der Waals surface area contributed by atoms with E-state index in [0.29, 0.717) is 0 Å². The molecule has 0 aromatic heterocycles. The monoisotopic (exact) mass is 464 g/mol. The van der Waals surface area contributed by atoms with Gasteiger partial charge in [-0.3, -0.25) is 9.59 Å². The zero-order chi connectivity index (χ0) is 24.2.